The van der Waals surface area contributed by atoms with E-state index in [1.165, 1.54) is 6.07 Å². The van der Waals surface area contributed by atoms with Gasteiger partial charge in [-0.1, -0.05) is 13.0 Å². The number of thiol groups is 1. The monoisotopic (exact) mass is 485 g/mol. The van der Waals surface area contributed by atoms with Crippen molar-refractivity contribution >= 4 is 18.4 Å². The van der Waals surface area contributed by atoms with Crippen LogP contribution in [0.1, 0.15) is 45.6 Å². The lowest BCUT2D eigenvalue weighted by Gasteiger charge is -2.23. The topological polar surface area (TPSA) is 69.4 Å². The molecule has 9 heteroatoms. The molecule has 1 aromatic carbocycles. The van der Waals surface area contributed by atoms with Crippen LogP contribution >= 0.6 is 12.6 Å². The molecule has 1 saturated heterocycles. The van der Waals surface area contributed by atoms with E-state index in [-0.39, 0.29) is 18.4 Å². The second-order valence-corrected chi connectivity index (χ2v) is 9.07. The van der Waals surface area contributed by atoms with Crippen LogP contribution in [0.3, 0.4) is 0 Å². The predicted molar refractivity (Wildman–Crippen MR) is 130 cm³/mol. The number of alkyl halides is 3. The number of rotatable bonds is 7. The van der Waals surface area contributed by atoms with Crippen molar-refractivity contribution in [3.05, 3.63) is 42.1 Å². The second kappa shape index (κ2) is 13.1. The van der Waals surface area contributed by atoms with Crippen molar-refractivity contribution in [3.8, 4) is 16.9 Å². The van der Waals surface area contributed by atoms with Gasteiger partial charge in [0.05, 0.1) is 24.8 Å². The van der Waals surface area contributed by atoms with E-state index in [0.717, 1.165) is 31.9 Å². The Morgan fingerprint density at radius 1 is 1.24 bits per heavy atom. The molecule has 3 N–H and O–H groups in total. The SMILES string of the molecule is CC(N)CC(C)S.CCOc1ccc(-c2ccnc(NC3CCCOC3)c2)cc1C(F)(F)F. The minimum atomic E-state index is -4.48. The number of nitrogens with one attached hydrogen (secondary N) is 1. The first kappa shape index (κ1) is 27.3. The summed E-state index contributed by atoms with van der Waals surface area (Å²) in [5.74, 6) is 0.468. The molecule has 3 atom stereocenters. The molecule has 0 bridgehead atoms. The lowest BCUT2D eigenvalue weighted by Crippen LogP contribution is -2.30. The van der Waals surface area contributed by atoms with Crippen molar-refractivity contribution in [2.75, 3.05) is 25.1 Å². The van der Waals surface area contributed by atoms with Crippen molar-refractivity contribution in [2.45, 2.75) is 63.5 Å². The molecule has 184 valence electrons. The van der Waals surface area contributed by atoms with Crippen molar-refractivity contribution < 1.29 is 22.6 Å². The number of benzene rings is 1. The minimum absolute atomic E-state index is 0.157. The molecule has 0 radical (unpaired) electrons. The largest absolute Gasteiger partial charge is 0.493 e. The van der Waals surface area contributed by atoms with Crippen molar-refractivity contribution in [1.82, 2.24) is 4.98 Å². The van der Waals surface area contributed by atoms with Gasteiger partial charge in [0.15, 0.2) is 0 Å². The van der Waals surface area contributed by atoms with Gasteiger partial charge in [-0.25, -0.2) is 4.98 Å². The summed E-state index contributed by atoms with van der Waals surface area (Å²) in [6.07, 6.45) is 0.0701. The molecule has 0 saturated carbocycles. The Labute approximate surface area is 199 Å². The van der Waals surface area contributed by atoms with E-state index in [0.29, 0.717) is 34.8 Å². The molecule has 0 spiro atoms. The molecular weight excluding hydrogens is 451 g/mol. The molecule has 5 nitrogen and oxygen atoms in total. The highest BCUT2D eigenvalue weighted by Gasteiger charge is 2.34. The number of aromatic nitrogens is 1. The average Bonchev–Trinajstić information content (AvgIpc) is 2.74. The molecule has 1 fully saturated rings. The number of hydrogen-bond donors (Lipinski definition) is 3. The molecule has 1 aliphatic rings. The van der Waals surface area contributed by atoms with Gasteiger partial charge in [0.2, 0.25) is 0 Å². The number of pyridine rings is 1. The van der Waals surface area contributed by atoms with Crippen LogP contribution in [0.25, 0.3) is 11.1 Å². The number of nitrogens with two attached hydrogens (primary N) is 1. The molecule has 3 unspecified atom stereocenters. The first-order valence-corrected chi connectivity index (χ1v) is 11.7. The number of hydrogen-bond acceptors (Lipinski definition) is 6. The summed E-state index contributed by atoms with van der Waals surface area (Å²) < 4.78 is 50.6. The first-order chi connectivity index (χ1) is 15.6. The highest BCUT2D eigenvalue weighted by Crippen LogP contribution is 2.39. The van der Waals surface area contributed by atoms with Crippen LogP contribution in [-0.2, 0) is 10.9 Å². The van der Waals surface area contributed by atoms with Gasteiger partial charge < -0.3 is 20.5 Å². The molecule has 0 amide bonds. The first-order valence-electron chi connectivity index (χ1n) is 11.2. The zero-order chi connectivity index (χ0) is 24.4. The van der Waals surface area contributed by atoms with Gasteiger partial charge in [0, 0.05) is 24.1 Å². The fourth-order valence-corrected chi connectivity index (χ4v) is 3.84. The third-order valence-electron chi connectivity index (χ3n) is 4.90. The Bertz CT molecular complexity index is 851. The number of ether oxygens (including phenoxy) is 2. The maximum Gasteiger partial charge on any atom is 0.419 e. The van der Waals surface area contributed by atoms with Gasteiger partial charge in [-0.2, -0.15) is 25.8 Å². The molecule has 1 aliphatic heterocycles. The molecule has 1 aromatic heterocycles. The Kier molecular flexibility index (Phi) is 10.8. The van der Waals surface area contributed by atoms with Crippen LogP contribution < -0.4 is 15.8 Å². The molecule has 2 aromatic rings. The maximum atomic E-state index is 13.3. The molecule has 3 rings (SSSR count). The van der Waals surface area contributed by atoms with E-state index in [9.17, 15) is 13.2 Å². The predicted octanol–water partition coefficient (Wildman–Crippen LogP) is 5.80. The van der Waals surface area contributed by atoms with Gasteiger partial charge >= 0.3 is 6.18 Å². The Morgan fingerprint density at radius 2 is 1.97 bits per heavy atom. The summed E-state index contributed by atoms with van der Waals surface area (Å²) in [4.78, 5) is 4.26. The van der Waals surface area contributed by atoms with Crippen LogP contribution in [-0.4, -0.2) is 42.1 Å². The summed E-state index contributed by atoms with van der Waals surface area (Å²) in [5, 5.41) is 3.73. The fraction of sp³-hybridized carbons (Fsp3) is 0.542. The van der Waals surface area contributed by atoms with Gasteiger partial charge in [-0.3, -0.25) is 0 Å². The molecule has 0 aliphatic carbocycles. The quantitative estimate of drug-likeness (QED) is 0.433. The standard InChI is InChI=1S/C19H21F3N2O2.C5H13NS/c1-2-26-17-6-5-13(10-16(17)19(20,21)22)14-7-8-23-18(11-14)24-15-4-3-9-25-12-15;1-4(6)3-5(2)7/h5-8,10-11,15H,2-4,9,12H2,1H3,(H,23,24);4-5,7H,3,6H2,1-2H3. The second-order valence-electron chi connectivity index (χ2n) is 8.19. The van der Waals surface area contributed by atoms with Crippen molar-refractivity contribution in [2.24, 2.45) is 5.73 Å². The summed E-state index contributed by atoms with van der Waals surface area (Å²) >= 11 is 4.16. The summed E-state index contributed by atoms with van der Waals surface area (Å²) in [5.41, 5.74) is 5.79. The Balaban J connectivity index is 0.000000479. The normalized spacial score (nSPS) is 18.0. The summed E-state index contributed by atoms with van der Waals surface area (Å²) in [6.45, 7) is 7.24. The van der Waals surface area contributed by atoms with Crippen molar-refractivity contribution in [1.29, 1.82) is 0 Å². The van der Waals surface area contributed by atoms with E-state index in [4.69, 9.17) is 15.2 Å². The number of anilines is 1. The maximum absolute atomic E-state index is 13.3. The fourth-order valence-electron chi connectivity index (χ4n) is 3.50. The van der Waals surface area contributed by atoms with Crippen molar-refractivity contribution in [3.63, 3.8) is 0 Å². The molecule has 2 heterocycles. The van der Waals surface area contributed by atoms with Gasteiger partial charge in [0.25, 0.3) is 0 Å². The lowest BCUT2D eigenvalue weighted by atomic mass is 10.0. The van der Waals surface area contributed by atoms with Crippen LogP contribution in [0.15, 0.2) is 36.5 Å². The van der Waals surface area contributed by atoms with E-state index < -0.39 is 11.7 Å². The van der Waals surface area contributed by atoms with Gasteiger partial charge in [0.1, 0.15) is 11.6 Å². The number of nitrogens with zero attached hydrogens (tertiary/aromatic N) is 1. The minimum Gasteiger partial charge on any atom is -0.493 e. The van der Waals surface area contributed by atoms with Crippen LogP contribution in [0, 0.1) is 0 Å². The Morgan fingerprint density at radius 3 is 2.52 bits per heavy atom. The highest BCUT2D eigenvalue weighted by molar-refractivity contribution is 7.80. The zero-order valence-electron chi connectivity index (χ0n) is 19.4. The van der Waals surface area contributed by atoms with Crippen LogP contribution in [0.4, 0.5) is 19.0 Å². The zero-order valence-corrected chi connectivity index (χ0v) is 20.3. The van der Waals surface area contributed by atoms with Gasteiger partial charge in [-0.05, 0) is 68.5 Å². The summed E-state index contributed by atoms with van der Waals surface area (Å²) in [6, 6.07) is 8.02. The number of halogens is 3. The van der Waals surface area contributed by atoms with E-state index in [2.05, 4.69) is 22.9 Å². The van der Waals surface area contributed by atoms with E-state index in [1.54, 1.807) is 31.3 Å². The smallest absolute Gasteiger partial charge is 0.419 e. The third-order valence-corrected chi connectivity index (χ3v) is 5.11. The Hall–Kier alpha value is -1.97. The summed E-state index contributed by atoms with van der Waals surface area (Å²) in [7, 11) is 0. The molecule has 33 heavy (non-hydrogen) atoms. The van der Waals surface area contributed by atoms with E-state index in [1.807, 2.05) is 13.8 Å². The van der Waals surface area contributed by atoms with Crippen LogP contribution in [0.2, 0.25) is 0 Å². The van der Waals surface area contributed by atoms with E-state index >= 15 is 0 Å². The van der Waals surface area contributed by atoms with Gasteiger partial charge in [-0.15, -0.1) is 0 Å². The highest BCUT2D eigenvalue weighted by atomic mass is 32.1. The van der Waals surface area contributed by atoms with Crippen LogP contribution in [0.5, 0.6) is 5.75 Å². The lowest BCUT2D eigenvalue weighted by molar-refractivity contribution is -0.138. The average molecular weight is 486 g/mol. The molecular formula is C24H34F3N3O2S. The third kappa shape index (κ3) is 9.43.